The van der Waals surface area contributed by atoms with Crippen molar-refractivity contribution in [1.29, 1.82) is 5.26 Å². The molecule has 0 radical (unpaired) electrons. The minimum absolute atomic E-state index is 0.0582. The van der Waals surface area contributed by atoms with Gasteiger partial charge >= 0.3 is 11.7 Å². The first-order valence-corrected chi connectivity index (χ1v) is 5.75. The van der Waals surface area contributed by atoms with Crippen LogP contribution in [0.1, 0.15) is 11.4 Å². The lowest BCUT2D eigenvalue weighted by atomic mass is 10.3. The van der Waals surface area contributed by atoms with Gasteiger partial charge in [-0.05, 0) is 19.1 Å². The second kappa shape index (κ2) is 5.50. The summed E-state index contributed by atoms with van der Waals surface area (Å²) < 4.78 is 5.28. The van der Waals surface area contributed by atoms with Crippen LogP contribution in [0.5, 0.6) is 11.8 Å². The molecule has 1 aromatic carbocycles. The highest BCUT2D eigenvalue weighted by Crippen LogP contribution is 2.36. The maximum atomic E-state index is 10.9. The molecule has 2 rings (SSSR count). The largest absolute Gasteiger partial charge is 0.415 e. The van der Waals surface area contributed by atoms with Gasteiger partial charge in [-0.25, -0.2) is 4.98 Å². The molecule has 0 aliphatic carbocycles. The number of nitro benzene ring substituents is 1. The van der Waals surface area contributed by atoms with Crippen LogP contribution in [0.15, 0.2) is 24.3 Å². The fraction of sp³-hybridized carbons (Fsp3) is 0.0833. The van der Waals surface area contributed by atoms with Gasteiger partial charge in [0.25, 0.3) is 0 Å². The van der Waals surface area contributed by atoms with Crippen molar-refractivity contribution < 1.29 is 9.66 Å². The minimum Gasteiger partial charge on any atom is -0.415 e. The summed E-state index contributed by atoms with van der Waals surface area (Å²) in [4.78, 5) is 18.1. The number of hydrogen-bond acceptors (Lipinski definition) is 6. The molecule has 0 aliphatic heterocycles. The molecule has 100 valence electrons. The van der Waals surface area contributed by atoms with Crippen LogP contribution in [0.2, 0.25) is 5.02 Å². The van der Waals surface area contributed by atoms with Crippen LogP contribution >= 0.6 is 11.6 Å². The number of nitrogens with zero attached hydrogens (tertiary/aromatic N) is 4. The number of aryl methyl sites for hydroxylation is 1. The van der Waals surface area contributed by atoms with E-state index in [1.165, 1.54) is 24.3 Å². The number of halogens is 1. The molecule has 1 heterocycles. The van der Waals surface area contributed by atoms with Crippen molar-refractivity contribution in [3.63, 3.8) is 0 Å². The molecule has 0 bridgehead atoms. The molecule has 0 atom stereocenters. The summed E-state index contributed by atoms with van der Waals surface area (Å²) in [6.45, 7) is 1.65. The third-order valence-electron chi connectivity index (χ3n) is 2.28. The minimum atomic E-state index is -0.623. The molecule has 0 unspecified atom stereocenters. The van der Waals surface area contributed by atoms with Crippen LogP contribution in [0.25, 0.3) is 0 Å². The Morgan fingerprint density at radius 1 is 1.45 bits per heavy atom. The van der Waals surface area contributed by atoms with Gasteiger partial charge in [0.15, 0.2) is 0 Å². The lowest BCUT2D eigenvalue weighted by Gasteiger charge is -2.06. The number of nitro groups is 1. The van der Waals surface area contributed by atoms with E-state index >= 15 is 0 Å². The fourth-order valence-electron chi connectivity index (χ4n) is 1.48. The van der Waals surface area contributed by atoms with Gasteiger partial charge in [-0.1, -0.05) is 17.7 Å². The van der Waals surface area contributed by atoms with Crippen LogP contribution in [-0.4, -0.2) is 14.9 Å². The van der Waals surface area contributed by atoms with Gasteiger partial charge in [-0.2, -0.15) is 10.2 Å². The van der Waals surface area contributed by atoms with Crippen LogP contribution in [0, 0.1) is 28.4 Å². The third kappa shape index (κ3) is 2.81. The number of nitriles is 1. The number of hydrogen-bond donors (Lipinski definition) is 0. The van der Waals surface area contributed by atoms with Crippen LogP contribution in [0.4, 0.5) is 5.69 Å². The lowest BCUT2D eigenvalue weighted by Crippen LogP contribution is -1.99. The molecule has 0 saturated carbocycles. The monoisotopic (exact) mass is 290 g/mol. The van der Waals surface area contributed by atoms with Crippen LogP contribution in [0.3, 0.4) is 0 Å². The smallest absolute Gasteiger partial charge is 0.323 e. The predicted molar refractivity (Wildman–Crippen MR) is 69.7 cm³/mol. The molecular formula is C12H7ClN4O3. The second-order valence-electron chi connectivity index (χ2n) is 3.74. The number of rotatable bonds is 3. The van der Waals surface area contributed by atoms with Gasteiger partial charge in [0.2, 0.25) is 5.75 Å². The molecule has 7 nitrogen and oxygen atoms in total. The van der Waals surface area contributed by atoms with Gasteiger partial charge < -0.3 is 4.74 Å². The van der Waals surface area contributed by atoms with E-state index in [2.05, 4.69) is 9.97 Å². The fourth-order valence-corrected chi connectivity index (χ4v) is 1.69. The Morgan fingerprint density at radius 3 is 2.85 bits per heavy atom. The van der Waals surface area contributed by atoms with Crippen molar-refractivity contribution in [2.75, 3.05) is 0 Å². The molecule has 1 aromatic heterocycles. The number of para-hydroxylation sites is 1. The highest BCUT2D eigenvalue weighted by molar-refractivity contribution is 6.32. The summed E-state index contributed by atoms with van der Waals surface area (Å²) in [6.07, 6.45) is 0. The second-order valence-corrected chi connectivity index (χ2v) is 4.14. The first-order valence-electron chi connectivity index (χ1n) is 5.38. The Hall–Kier alpha value is -2.72. The highest BCUT2D eigenvalue weighted by Gasteiger charge is 2.20. The van der Waals surface area contributed by atoms with Crippen molar-refractivity contribution in [3.8, 4) is 17.8 Å². The molecular weight excluding hydrogens is 284 g/mol. The molecule has 0 saturated heterocycles. The highest BCUT2D eigenvalue weighted by atomic mass is 35.5. The summed E-state index contributed by atoms with van der Waals surface area (Å²) in [5.41, 5.74) is 0.296. The van der Waals surface area contributed by atoms with E-state index in [9.17, 15) is 10.1 Å². The number of ether oxygens (including phenoxy) is 1. The standard InChI is InChI=1S/C12H7ClN4O3/c1-7-5-8(6-14)16-12(15-7)20-11-9(13)3-2-4-10(11)17(18)19/h2-5H,1H3. The van der Waals surface area contributed by atoms with E-state index in [1.54, 1.807) is 6.92 Å². The van der Waals surface area contributed by atoms with Crippen LogP contribution < -0.4 is 4.74 Å². The number of benzene rings is 1. The SMILES string of the molecule is Cc1cc(C#N)nc(Oc2c(Cl)cccc2[N+](=O)[O-])n1. The Balaban J connectivity index is 2.48. The zero-order valence-corrected chi connectivity index (χ0v) is 11.0. The van der Waals surface area contributed by atoms with Crippen molar-refractivity contribution in [2.24, 2.45) is 0 Å². The summed E-state index contributed by atoms with van der Waals surface area (Å²) >= 11 is 5.89. The van der Waals surface area contributed by atoms with Gasteiger partial charge in [-0.3, -0.25) is 10.1 Å². The lowest BCUT2D eigenvalue weighted by molar-refractivity contribution is -0.385. The average molecular weight is 291 g/mol. The van der Waals surface area contributed by atoms with E-state index in [1.807, 2.05) is 6.07 Å². The van der Waals surface area contributed by atoms with Gasteiger partial charge in [-0.15, -0.1) is 0 Å². The maximum Gasteiger partial charge on any atom is 0.323 e. The molecule has 8 heteroatoms. The zero-order chi connectivity index (χ0) is 14.7. The molecule has 0 fully saturated rings. The van der Waals surface area contributed by atoms with E-state index in [0.29, 0.717) is 5.69 Å². The summed E-state index contributed by atoms with van der Waals surface area (Å²) in [5.74, 6) is -0.159. The number of aromatic nitrogens is 2. The molecule has 2 aromatic rings. The van der Waals surface area contributed by atoms with Crippen molar-refractivity contribution in [2.45, 2.75) is 6.92 Å². The van der Waals surface area contributed by atoms with Gasteiger partial charge in [0.05, 0.1) is 9.95 Å². The van der Waals surface area contributed by atoms with E-state index in [-0.39, 0.29) is 28.2 Å². The van der Waals surface area contributed by atoms with Crippen molar-refractivity contribution in [1.82, 2.24) is 9.97 Å². The Morgan fingerprint density at radius 2 is 2.20 bits per heavy atom. The first-order chi connectivity index (χ1) is 9.51. The molecule has 0 spiro atoms. The molecule has 0 aliphatic rings. The van der Waals surface area contributed by atoms with Gasteiger partial charge in [0.1, 0.15) is 11.8 Å². The summed E-state index contributed by atoms with van der Waals surface area (Å²) in [5, 5.41) is 19.8. The van der Waals surface area contributed by atoms with Crippen LogP contribution in [-0.2, 0) is 0 Å². The van der Waals surface area contributed by atoms with E-state index < -0.39 is 4.92 Å². The van der Waals surface area contributed by atoms with Gasteiger partial charge in [0, 0.05) is 11.8 Å². The average Bonchev–Trinajstić information content (AvgIpc) is 2.40. The normalized spacial score (nSPS) is 9.85. The summed E-state index contributed by atoms with van der Waals surface area (Å²) in [7, 11) is 0. The topological polar surface area (TPSA) is 102 Å². The Bertz CT molecular complexity index is 727. The molecule has 20 heavy (non-hydrogen) atoms. The van der Waals surface area contributed by atoms with Crippen molar-refractivity contribution >= 4 is 17.3 Å². The maximum absolute atomic E-state index is 10.9. The summed E-state index contributed by atoms with van der Waals surface area (Å²) in [6, 6.07) is 7.28. The molecule has 0 amide bonds. The van der Waals surface area contributed by atoms with E-state index in [0.717, 1.165) is 0 Å². The predicted octanol–water partition coefficient (Wildman–Crippen LogP) is 3.01. The Kier molecular flexibility index (Phi) is 3.77. The van der Waals surface area contributed by atoms with Crippen molar-refractivity contribution in [3.05, 3.63) is 50.8 Å². The third-order valence-corrected chi connectivity index (χ3v) is 2.58. The Labute approximate surface area is 118 Å². The van der Waals surface area contributed by atoms with E-state index in [4.69, 9.17) is 21.6 Å². The first kappa shape index (κ1) is 13.7. The quantitative estimate of drug-likeness (QED) is 0.636. The molecule has 0 N–H and O–H groups in total. The zero-order valence-electron chi connectivity index (χ0n) is 10.2.